The Morgan fingerprint density at radius 1 is 1.19 bits per heavy atom. The number of benzene rings is 2. The number of aryl methyl sites for hydroxylation is 2. The van der Waals surface area contributed by atoms with Gasteiger partial charge in [0.05, 0.1) is 17.6 Å². The molecule has 2 aliphatic rings. The van der Waals surface area contributed by atoms with Crippen LogP contribution in [0.15, 0.2) is 50.1 Å². The van der Waals surface area contributed by atoms with Gasteiger partial charge in [0.15, 0.2) is 0 Å². The van der Waals surface area contributed by atoms with Crippen LogP contribution in [0, 0.1) is 19.8 Å². The lowest BCUT2D eigenvalue weighted by Crippen LogP contribution is -2.55. The van der Waals surface area contributed by atoms with Crippen molar-refractivity contribution in [1.82, 2.24) is 4.90 Å². The van der Waals surface area contributed by atoms with Gasteiger partial charge in [-0.3, -0.25) is 4.79 Å². The first-order valence-corrected chi connectivity index (χ1v) is 13.5. The van der Waals surface area contributed by atoms with Gasteiger partial charge in [0.1, 0.15) is 17.9 Å². The lowest BCUT2D eigenvalue weighted by atomic mass is 9.71. The van der Waals surface area contributed by atoms with Crippen LogP contribution in [-0.2, 0) is 17.8 Å². The molecule has 0 spiro atoms. The Bertz CT molecular complexity index is 1370. The highest BCUT2D eigenvalue weighted by Crippen LogP contribution is 2.40. The molecule has 1 N–H and O–H groups in total. The van der Waals surface area contributed by atoms with Gasteiger partial charge in [-0.25, -0.2) is 4.79 Å². The van der Waals surface area contributed by atoms with E-state index in [1.54, 1.807) is 0 Å². The molecule has 36 heavy (non-hydrogen) atoms. The number of amides is 1. The van der Waals surface area contributed by atoms with E-state index in [0.717, 1.165) is 52.2 Å². The standard InChI is InChI=1S/C29H32BrNO5/c1-18-23-9-10-25(35-17-20-6-5-8-22(30)14-20)19(2)27(23)36-28(33)24(18)15-26(32)31-13-12-29(34)11-4-3-7-21(29)16-31/h5-6,8-10,14,21,34H,3-4,7,11-13,15-17H2,1-2H3/t21-,29-/m1/s1. The lowest BCUT2D eigenvalue weighted by Gasteiger charge is -2.47. The first-order chi connectivity index (χ1) is 17.2. The third kappa shape index (κ3) is 4.83. The number of halogens is 1. The molecule has 2 atom stereocenters. The molecule has 2 fully saturated rings. The molecule has 1 aliphatic carbocycles. The van der Waals surface area contributed by atoms with Crippen LogP contribution in [0.3, 0.4) is 0 Å². The quantitative estimate of drug-likeness (QED) is 0.425. The highest BCUT2D eigenvalue weighted by molar-refractivity contribution is 9.10. The molecule has 0 radical (unpaired) electrons. The number of aliphatic hydroxyl groups is 1. The fourth-order valence-electron chi connectivity index (χ4n) is 5.78. The number of carbonyl (C=O) groups excluding carboxylic acids is 1. The number of hydrogen-bond donors (Lipinski definition) is 1. The molecule has 7 heteroatoms. The van der Waals surface area contributed by atoms with Crippen molar-refractivity contribution in [2.75, 3.05) is 13.1 Å². The minimum Gasteiger partial charge on any atom is -0.488 e. The van der Waals surface area contributed by atoms with Crippen molar-refractivity contribution in [3.63, 3.8) is 0 Å². The number of piperidine rings is 1. The summed E-state index contributed by atoms with van der Waals surface area (Å²) in [5.74, 6) is 0.696. The molecule has 2 heterocycles. The predicted molar refractivity (Wildman–Crippen MR) is 142 cm³/mol. The van der Waals surface area contributed by atoms with E-state index in [2.05, 4.69) is 15.9 Å². The van der Waals surface area contributed by atoms with E-state index in [0.29, 0.717) is 43.0 Å². The van der Waals surface area contributed by atoms with Gasteiger partial charge in [-0.05, 0) is 68.5 Å². The van der Waals surface area contributed by atoms with Crippen LogP contribution in [-0.4, -0.2) is 34.6 Å². The van der Waals surface area contributed by atoms with Crippen LogP contribution >= 0.6 is 15.9 Å². The number of carbonyl (C=O) groups is 1. The van der Waals surface area contributed by atoms with Crippen LogP contribution in [0.5, 0.6) is 5.75 Å². The van der Waals surface area contributed by atoms with E-state index in [-0.39, 0.29) is 18.2 Å². The molecule has 1 amide bonds. The highest BCUT2D eigenvalue weighted by Gasteiger charge is 2.43. The molecular formula is C29H32BrNO5. The predicted octanol–water partition coefficient (Wildman–Crippen LogP) is 5.45. The van der Waals surface area contributed by atoms with Crippen molar-refractivity contribution in [3.8, 4) is 5.75 Å². The van der Waals surface area contributed by atoms with Gasteiger partial charge < -0.3 is 19.2 Å². The average molecular weight is 554 g/mol. The number of likely N-dealkylation sites (tertiary alicyclic amines) is 1. The summed E-state index contributed by atoms with van der Waals surface area (Å²) < 4.78 is 12.8. The molecule has 6 nitrogen and oxygen atoms in total. The lowest BCUT2D eigenvalue weighted by molar-refractivity contribution is -0.142. The smallest absolute Gasteiger partial charge is 0.340 e. The summed E-state index contributed by atoms with van der Waals surface area (Å²) in [5, 5.41) is 11.7. The molecule has 0 bridgehead atoms. The van der Waals surface area contributed by atoms with E-state index in [1.807, 2.05) is 55.1 Å². The third-order valence-electron chi connectivity index (χ3n) is 8.05. The molecule has 190 valence electrons. The van der Waals surface area contributed by atoms with Crippen LogP contribution in [0.2, 0.25) is 0 Å². The molecule has 1 aliphatic heterocycles. The van der Waals surface area contributed by atoms with Gasteiger partial charge in [-0.15, -0.1) is 0 Å². The topological polar surface area (TPSA) is 80.0 Å². The van der Waals surface area contributed by atoms with Crippen LogP contribution < -0.4 is 10.4 Å². The first kappa shape index (κ1) is 25.0. The number of hydrogen-bond acceptors (Lipinski definition) is 5. The average Bonchev–Trinajstić information content (AvgIpc) is 2.86. The van der Waals surface area contributed by atoms with Gasteiger partial charge in [-0.1, -0.05) is 40.9 Å². The Labute approximate surface area is 219 Å². The largest absolute Gasteiger partial charge is 0.488 e. The number of nitrogens with zero attached hydrogens (tertiary/aromatic N) is 1. The number of ether oxygens (including phenoxy) is 1. The van der Waals surface area contributed by atoms with Crippen LogP contribution in [0.4, 0.5) is 0 Å². The Hall–Kier alpha value is -2.64. The fraction of sp³-hybridized carbons (Fsp3) is 0.448. The van der Waals surface area contributed by atoms with Gasteiger partial charge in [-0.2, -0.15) is 0 Å². The Morgan fingerprint density at radius 3 is 2.83 bits per heavy atom. The van der Waals surface area contributed by atoms with Gasteiger partial charge in [0, 0.05) is 34.4 Å². The van der Waals surface area contributed by atoms with E-state index < -0.39 is 11.2 Å². The number of fused-ring (bicyclic) bond motifs is 2. The van der Waals surface area contributed by atoms with Crippen molar-refractivity contribution < 1.29 is 19.1 Å². The minimum atomic E-state index is -0.638. The highest BCUT2D eigenvalue weighted by atomic mass is 79.9. The van der Waals surface area contributed by atoms with Crippen LogP contribution in [0.1, 0.15) is 54.4 Å². The summed E-state index contributed by atoms with van der Waals surface area (Å²) in [7, 11) is 0. The molecule has 0 unspecified atom stereocenters. The normalized spacial score (nSPS) is 21.9. The van der Waals surface area contributed by atoms with Crippen molar-refractivity contribution >= 4 is 32.8 Å². The maximum atomic E-state index is 13.2. The molecular weight excluding hydrogens is 522 g/mol. The summed E-state index contributed by atoms with van der Waals surface area (Å²) in [6.07, 6.45) is 4.53. The summed E-state index contributed by atoms with van der Waals surface area (Å²) in [4.78, 5) is 28.0. The minimum absolute atomic E-state index is 0.00936. The summed E-state index contributed by atoms with van der Waals surface area (Å²) in [6.45, 7) is 5.24. The SMILES string of the molecule is Cc1c(CC(=O)N2CC[C@]3(O)CCCC[C@@H]3C2)c(=O)oc2c(C)c(OCc3cccc(Br)c3)ccc12. The Balaban J connectivity index is 1.35. The summed E-state index contributed by atoms with van der Waals surface area (Å²) in [5.41, 5.74) is 2.33. The van der Waals surface area contributed by atoms with Gasteiger partial charge in [0.25, 0.3) is 0 Å². The van der Waals surface area contributed by atoms with E-state index in [1.165, 1.54) is 0 Å². The van der Waals surface area contributed by atoms with E-state index >= 15 is 0 Å². The maximum absolute atomic E-state index is 13.2. The zero-order chi connectivity index (χ0) is 25.4. The Morgan fingerprint density at radius 2 is 2.03 bits per heavy atom. The molecule has 3 aromatic rings. The molecule has 1 saturated carbocycles. The van der Waals surface area contributed by atoms with E-state index in [4.69, 9.17) is 9.15 Å². The zero-order valence-electron chi connectivity index (χ0n) is 20.8. The Kier molecular flexibility index (Phi) is 6.97. The van der Waals surface area contributed by atoms with Crippen molar-refractivity contribution in [1.29, 1.82) is 0 Å². The first-order valence-electron chi connectivity index (χ1n) is 12.7. The van der Waals surface area contributed by atoms with Crippen molar-refractivity contribution in [3.05, 3.63) is 73.5 Å². The molecule has 2 aromatic carbocycles. The third-order valence-corrected chi connectivity index (χ3v) is 8.54. The van der Waals surface area contributed by atoms with Crippen LogP contribution in [0.25, 0.3) is 11.0 Å². The van der Waals surface area contributed by atoms with Crippen molar-refractivity contribution in [2.45, 2.75) is 64.6 Å². The zero-order valence-corrected chi connectivity index (χ0v) is 22.4. The summed E-state index contributed by atoms with van der Waals surface area (Å²) >= 11 is 3.47. The van der Waals surface area contributed by atoms with Gasteiger partial charge >= 0.3 is 5.63 Å². The molecule has 5 rings (SSSR count). The monoisotopic (exact) mass is 553 g/mol. The molecule has 1 aromatic heterocycles. The van der Waals surface area contributed by atoms with E-state index in [9.17, 15) is 14.7 Å². The number of rotatable bonds is 5. The van der Waals surface area contributed by atoms with Crippen molar-refractivity contribution in [2.24, 2.45) is 5.92 Å². The second kappa shape index (κ2) is 10.0. The van der Waals surface area contributed by atoms with Gasteiger partial charge in [0.2, 0.25) is 5.91 Å². The maximum Gasteiger partial charge on any atom is 0.340 e. The summed E-state index contributed by atoms with van der Waals surface area (Å²) in [6, 6.07) is 11.7. The second-order valence-electron chi connectivity index (χ2n) is 10.3. The molecule has 1 saturated heterocycles. The second-order valence-corrected chi connectivity index (χ2v) is 11.2. The fourth-order valence-corrected chi connectivity index (χ4v) is 6.23.